The number of hydrogen-bond donors (Lipinski definition) is 1. The number of nitrogens with zero attached hydrogens (tertiary/aromatic N) is 2. The summed E-state index contributed by atoms with van der Waals surface area (Å²) in [5, 5.41) is 3.56. The van der Waals surface area contributed by atoms with Crippen molar-refractivity contribution in [3.63, 3.8) is 0 Å². The topological polar surface area (TPSA) is 86.8 Å². The van der Waals surface area contributed by atoms with Crippen LogP contribution in [-0.2, 0) is 26.2 Å². The van der Waals surface area contributed by atoms with Gasteiger partial charge in [-0.15, -0.1) is 0 Å². The molecule has 0 radical (unpaired) electrons. The van der Waals surface area contributed by atoms with Gasteiger partial charge in [0, 0.05) is 13.1 Å². The third kappa shape index (κ3) is 7.82. The summed E-state index contributed by atoms with van der Waals surface area (Å²) in [5.74, 6) is -0.825. The van der Waals surface area contributed by atoms with Crippen LogP contribution in [0.15, 0.2) is 65.6 Å². The molecular weight excluding hydrogens is 581 g/mol. The molecule has 0 bridgehead atoms. The van der Waals surface area contributed by atoms with Gasteiger partial charge in [-0.1, -0.05) is 72.9 Å². The number of halogens is 2. The highest BCUT2D eigenvalue weighted by atomic mass is 35.5. The van der Waals surface area contributed by atoms with Crippen LogP contribution in [0.5, 0.6) is 0 Å². The minimum atomic E-state index is -4.14. The van der Waals surface area contributed by atoms with E-state index in [2.05, 4.69) is 5.32 Å². The normalized spacial score (nSPS) is 12.1. The van der Waals surface area contributed by atoms with Crippen LogP contribution in [0.3, 0.4) is 0 Å². The van der Waals surface area contributed by atoms with E-state index in [4.69, 9.17) is 23.2 Å². The van der Waals surface area contributed by atoms with Gasteiger partial charge in [-0.2, -0.15) is 0 Å². The molecule has 0 aliphatic carbocycles. The third-order valence-corrected chi connectivity index (χ3v) is 9.52. The molecular formula is C31H37Cl2N3O4S. The number of anilines is 1. The number of benzene rings is 3. The maximum Gasteiger partial charge on any atom is 0.264 e. The van der Waals surface area contributed by atoms with Crippen LogP contribution in [0.2, 0.25) is 10.0 Å². The van der Waals surface area contributed by atoms with Gasteiger partial charge in [0.25, 0.3) is 10.0 Å². The molecule has 1 N–H and O–H groups in total. The highest BCUT2D eigenvalue weighted by molar-refractivity contribution is 7.92. The molecule has 0 saturated carbocycles. The maximum atomic E-state index is 14.2. The van der Waals surface area contributed by atoms with Crippen molar-refractivity contribution in [2.45, 2.75) is 64.9 Å². The molecule has 7 nitrogen and oxygen atoms in total. The Morgan fingerprint density at radius 1 is 0.927 bits per heavy atom. The molecule has 0 heterocycles. The van der Waals surface area contributed by atoms with E-state index >= 15 is 0 Å². The summed E-state index contributed by atoms with van der Waals surface area (Å²) in [6.07, 6.45) is 1.06. The van der Waals surface area contributed by atoms with Crippen molar-refractivity contribution >= 4 is 50.7 Å². The molecule has 0 fully saturated rings. The standard InChI is InChI=1S/C31H37Cl2N3O4S/c1-6-17-34-31(38)28(7-2)35(19-24-13-16-26(32)27(33)18-24)30(37)20-36(29-10-8-9-22(4)23(29)5)41(39,40)25-14-11-21(3)12-15-25/h8-16,18,28H,6-7,17,19-20H2,1-5H3,(H,34,38)/t28-/m0/s1. The van der Waals surface area contributed by atoms with E-state index in [-0.39, 0.29) is 17.3 Å². The molecule has 3 aromatic rings. The molecule has 0 spiro atoms. The molecule has 41 heavy (non-hydrogen) atoms. The summed E-state index contributed by atoms with van der Waals surface area (Å²) in [5.41, 5.74) is 3.60. The number of sulfonamides is 1. The average Bonchev–Trinajstić information content (AvgIpc) is 2.94. The minimum absolute atomic E-state index is 0.0407. The zero-order chi connectivity index (χ0) is 30.3. The highest BCUT2D eigenvalue weighted by Gasteiger charge is 2.34. The van der Waals surface area contributed by atoms with E-state index in [0.717, 1.165) is 27.4 Å². The van der Waals surface area contributed by atoms with Crippen LogP contribution in [0.25, 0.3) is 0 Å². The Balaban J connectivity index is 2.11. The second-order valence-corrected chi connectivity index (χ2v) is 12.7. The number of amides is 2. The van der Waals surface area contributed by atoms with E-state index in [1.807, 2.05) is 40.7 Å². The van der Waals surface area contributed by atoms with Crippen LogP contribution < -0.4 is 9.62 Å². The van der Waals surface area contributed by atoms with Crippen LogP contribution in [0.4, 0.5) is 5.69 Å². The molecule has 10 heteroatoms. The van der Waals surface area contributed by atoms with Gasteiger partial charge in [0.1, 0.15) is 12.6 Å². The van der Waals surface area contributed by atoms with Crippen molar-refractivity contribution in [1.82, 2.24) is 10.2 Å². The Labute approximate surface area is 253 Å². The number of carbonyl (C=O) groups excluding carboxylic acids is 2. The average molecular weight is 619 g/mol. The number of aryl methyl sites for hydroxylation is 2. The van der Waals surface area contributed by atoms with Crippen molar-refractivity contribution in [3.05, 3.63) is 93.0 Å². The van der Waals surface area contributed by atoms with Crippen LogP contribution in [0, 0.1) is 20.8 Å². The van der Waals surface area contributed by atoms with E-state index in [0.29, 0.717) is 34.3 Å². The van der Waals surface area contributed by atoms with E-state index in [9.17, 15) is 18.0 Å². The van der Waals surface area contributed by atoms with E-state index in [1.165, 1.54) is 17.0 Å². The maximum absolute atomic E-state index is 14.2. The molecule has 0 unspecified atom stereocenters. The highest BCUT2D eigenvalue weighted by Crippen LogP contribution is 2.30. The quantitative estimate of drug-likeness (QED) is 0.253. The Bertz CT molecular complexity index is 1490. The zero-order valence-corrected chi connectivity index (χ0v) is 26.4. The van der Waals surface area contributed by atoms with Gasteiger partial charge in [0.15, 0.2) is 0 Å². The van der Waals surface area contributed by atoms with Gasteiger partial charge in [0.2, 0.25) is 11.8 Å². The fourth-order valence-electron chi connectivity index (χ4n) is 4.48. The van der Waals surface area contributed by atoms with Crippen molar-refractivity contribution in [1.29, 1.82) is 0 Å². The molecule has 1 atom stereocenters. The number of rotatable bonds is 12. The molecule has 220 valence electrons. The van der Waals surface area contributed by atoms with Crippen LogP contribution in [-0.4, -0.2) is 44.3 Å². The van der Waals surface area contributed by atoms with Gasteiger partial charge in [-0.3, -0.25) is 13.9 Å². The lowest BCUT2D eigenvalue weighted by Gasteiger charge is -2.33. The van der Waals surface area contributed by atoms with Gasteiger partial charge >= 0.3 is 0 Å². The molecule has 3 rings (SSSR count). The number of nitrogens with one attached hydrogen (secondary N) is 1. The lowest BCUT2D eigenvalue weighted by atomic mass is 10.1. The Hall–Kier alpha value is -3.07. The second-order valence-electron chi connectivity index (χ2n) is 10.0. The molecule has 3 aromatic carbocycles. The first-order valence-electron chi connectivity index (χ1n) is 13.6. The van der Waals surface area contributed by atoms with E-state index < -0.39 is 28.5 Å². The molecule has 0 aliphatic rings. The Morgan fingerprint density at radius 2 is 1.61 bits per heavy atom. The smallest absolute Gasteiger partial charge is 0.264 e. The zero-order valence-electron chi connectivity index (χ0n) is 24.1. The molecule has 0 aromatic heterocycles. The largest absolute Gasteiger partial charge is 0.354 e. The summed E-state index contributed by atoms with van der Waals surface area (Å²) in [4.78, 5) is 28.9. The summed E-state index contributed by atoms with van der Waals surface area (Å²) in [7, 11) is -4.14. The van der Waals surface area contributed by atoms with Crippen molar-refractivity contribution in [2.75, 3.05) is 17.4 Å². The first-order valence-corrected chi connectivity index (χ1v) is 15.8. The summed E-state index contributed by atoms with van der Waals surface area (Å²) in [6, 6.07) is 16.0. The fourth-order valence-corrected chi connectivity index (χ4v) is 6.27. The van der Waals surface area contributed by atoms with E-state index in [1.54, 1.807) is 42.5 Å². The number of carbonyl (C=O) groups is 2. The van der Waals surface area contributed by atoms with Gasteiger partial charge in [-0.25, -0.2) is 8.42 Å². The molecule has 0 saturated heterocycles. The lowest BCUT2D eigenvalue weighted by molar-refractivity contribution is -0.140. The Morgan fingerprint density at radius 3 is 2.22 bits per heavy atom. The van der Waals surface area contributed by atoms with Gasteiger partial charge in [0.05, 0.1) is 20.6 Å². The predicted molar refractivity (Wildman–Crippen MR) is 166 cm³/mol. The fraction of sp³-hybridized carbons (Fsp3) is 0.355. The lowest BCUT2D eigenvalue weighted by Crippen LogP contribution is -2.52. The first kappa shape index (κ1) is 32.4. The van der Waals surface area contributed by atoms with Gasteiger partial charge < -0.3 is 10.2 Å². The summed E-state index contributed by atoms with van der Waals surface area (Å²) >= 11 is 12.4. The van der Waals surface area contributed by atoms with Crippen molar-refractivity contribution < 1.29 is 18.0 Å². The second kappa shape index (κ2) is 14.2. The number of hydrogen-bond acceptors (Lipinski definition) is 4. The van der Waals surface area contributed by atoms with Gasteiger partial charge in [-0.05, 0) is 80.6 Å². The predicted octanol–water partition coefficient (Wildman–Crippen LogP) is 6.45. The molecule has 2 amide bonds. The van der Waals surface area contributed by atoms with Crippen LogP contribution >= 0.6 is 23.2 Å². The third-order valence-electron chi connectivity index (χ3n) is 7.00. The monoisotopic (exact) mass is 617 g/mol. The molecule has 0 aliphatic heterocycles. The SMILES string of the molecule is CCCNC(=O)[C@H](CC)N(Cc1ccc(Cl)c(Cl)c1)C(=O)CN(c1cccc(C)c1C)S(=O)(=O)c1ccc(C)cc1. The van der Waals surface area contributed by atoms with Crippen molar-refractivity contribution in [2.24, 2.45) is 0 Å². The Kier molecular flexibility index (Phi) is 11.2. The minimum Gasteiger partial charge on any atom is -0.354 e. The summed E-state index contributed by atoms with van der Waals surface area (Å²) < 4.78 is 29.3. The van der Waals surface area contributed by atoms with Crippen LogP contribution in [0.1, 0.15) is 48.9 Å². The summed E-state index contributed by atoms with van der Waals surface area (Å²) in [6.45, 7) is 9.35. The first-order chi connectivity index (χ1) is 19.4. The van der Waals surface area contributed by atoms with Crippen molar-refractivity contribution in [3.8, 4) is 0 Å².